The Balaban J connectivity index is 1.48. The molecule has 0 aromatic heterocycles. The molecule has 0 bridgehead atoms. The minimum absolute atomic E-state index is 0.174. The van der Waals surface area contributed by atoms with Gasteiger partial charge in [0.05, 0.1) is 18.4 Å². The number of hydrogen-bond acceptors (Lipinski definition) is 6. The molecule has 39 heavy (non-hydrogen) atoms. The first-order valence-electron chi connectivity index (χ1n) is 13.6. The SMILES string of the molecule is CCN1CCN(c2ccc(NC(=O)c3ccccc3OC)cc2S(=O)(=O)NC2CCCc3ccccc32)CC1. The van der Waals surface area contributed by atoms with Crippen molar-refractivity contribution in [1.29, 1.82) is 0 Å². The summed E-state index contributed by atoms with van der Waals surface area (Å²) >= 11 is 0. The molecule has 1 heterocycles. The van der Waals surface area contributed by atoms with Crippen LogP contribution in [0.2, 0.25) is 0 Å². The van der Waals surface area contributed by atoms with Crippen molar-refractivity contribution in [2.45, 2.75) is 37.1 Å². The molecule has 1 unspecified atom stereocenters. The maximum atomic E-state index is 14.0. The summed E-state index contributed by atoms with van der Waals surface area (Å²) in [5, 5.41) is 2.87. The Kier molecular flexibility index (Phi) is 8.20. The molecule has 1 saturated heterocycles. The van der Waals surface area contributed by atoms with Crippen LogP contribution < -0.4 is 19.7 Å². The lowest BCUT2D eigenvalue weighted by Gasteiger charge is -2.36. The fraction of sp³-hybridized carbons (Fsp3) is 0.367. The summed E-state index contributed by atoms with van der Waals surface area (Å²) in [5.74, 6) is 0.0835. The highest BCUT2D eigenvalue weighted by molar-refractivity contribution is 7.89. The molecule has 3 aromatic rings. The maximum absolute atomic E-state index is 14.0. The Hall–Kier alpha value is -3.40. The van der Waals surface area contributed by atoms with Crippen LogP contribution in [0.5, 0.6) is 5.75 Å². The number of rotatable bonds is 8. The fourth-order valence-electron chi connectivity index (χ4n) is 5.53. The smallest absolute Gasteiger partial charge is 0.259 e. The second-order valence-corrected chi connectivity index (χ2v) is 11.7. The number of nitrogens with zero attached hydrogens (tertiary/aromatic N) is 2. The third-order valence-electron chi connectivity index (χ3n) is 7.69. The maximum Gasteiger partial charge on any atom is 0.259 e. The number of benzene rings is 3. The number of carbonyl (C=O) groups is 1. The van der Waals surface area contributed by atoms with Gasteiger partial charge in [0.2, 0.25) is 10.0 Å². The lowest BCUT2D eigenvalue weighted by atomic mass is 9.88. The molecule has 1 aliphatic carbocycles. The highest BCUT2D eigenvalue weighted by Crippen LogP contribution is 2.34. The van der Waals surface area contributed by atoms with Gasteiger partial charge >= 0.3 is 0 Å². The summed E-state index contributed by atoms with van der Waals surface area (Å²) in [6.45, 7) is 6.30. The van der Waals surface area contributed by atoms with Crippen molar-refractivity contribution in [1.82, 2.24) is 9.62 Å². The largest absolute Gasteiger partial charge is 0.496 e. The minimum atomic E-state index is -3.92. The van der Waals surface area contributed by atoms with E-state index in [2.05, 4.69) is 32.8 Å². The van der Waals surface area contributed by atoms with Crippen LogP contribution in [0.15, 0.2) is 71.6 Å². The number of ether oxygens (including phenoxy) is 1. The predicted molar refractivity (Wildman–Crippen MR) is 154 cm³/mol. The second-order valence-electron chi connectivity index (χ2n) is 10.0. The molecule has 2 aliphatic rings. The van der Waals surface area contributed by atoms with Crippen LogP contribution in [0.3, 0.4) is 0 Å². The van der Waals surface area contributed by atoms with Gasteiger partial charge in [0, 0.05) is 37.9 Å². The van der Waals surface area contributed by atoms with Crippen LogP contribution in [0.25, 0.3) is 0 Å². The van der Waals surface area contributed by atoms with E-state index in [1.165, 1.54) is 12.7 Å². The van der Waals surface area contributed by atoms with Gasteiger partial charge in [-0.1, -0.05) is 43.3 Å². The van der Waals surface area contributed by atoms with Gasteiger partial charge in [-0.15, -0.1) is 0 Å². The number of anilines is 2. The van der Waals surface area contributed by atoms with Crippen LogP contribution in [0.1, 0.15) is 47.3 Å². The Morgan fingerprint density at radius 1 is 1.00 bits per heavy atom. The summed E-state index contributed by atoms with van der Waals surface area (Å²) in [6, 6.07) is 19.8. The Morgan fingerprint density at radius 2 is 1.74 bits per heavy atom. The number of piperazine rings is 1. The summed E-state index contributed by atoms with van der Waals surface area (Å²) in [6.07, 6.45) is 2.61. The molecule has 0 radical (unpaired) electrons. The van der Waals surface area contributed by atoms with E-state index in [4.69, 9.17) is 4.74 Å². The van der Waals surface area contributed by atoms with Crippen LogP contribution >= 0.6 is 0 Å². The molecule has 8 nitrogen and oxygen atoms in total. The average Bonchev–Trinajstić information content (AvgIpc) is 2.97. The van der Waals surface area contributed by atoms with E-state index in [9.17, 15) is 13.2 Å². The molecular weight excluding hydrogens is 512 g/mol. The number of nitrogens with one attached hydrogen (secondary N) is 2. The highest BCUT2D eigenvalue weighted by atomic mass is 32.2. The molecule has 206 valence electrons. The first-order valence-corrected chi connectivity index (χ1v) is 15.0. The standard InChI is InChI=1S/C30H36N4O4S/c1-3-33-17-19-34(20-18-33)27-16-15-23(31-30(35)25-12-6-7-14-28(25)38-2)21-29(27)39(36,37)32-26-13-8-10-22-9-4-5-11-24(22)26/h4-7,9,11-12,14-16,21,26,32H,3,8,10,13,17-20H2,1-2H3,(H,31,35). The van der Waals surface area contributed by atoms with Crippen molar-refractivity contribution in [2.24, 2.45) is 0 Å². The molecule has 1 fully saturated rings. The molecule has 0 saturated carbocycles. The number of hydrogen-bond donors (Lipinski definition) is 2. The van der Waals surface area contributed by atoms with E-state index < -0.39 is 10.0 Å². The monoisotopic (exact) mass is 548 g/mol. The third-order valence-corrected chi connectivity index (χ3v) is 9.19. The summed E-state index contributed by atoms with van der Waals surface area (Å²) < 4.78 is 36.4. The van der Waals surface area contributed by atoms with Crippen LogP contribution in [0, 0.1) is 0 Å². The van der Waals surface area contributed by atoms with E-state index >= 15 is 0 Å². The van der Waals surface area contributed by atoms with Gasteiger partial charge in [-0.25, -0.2) is 13.1 Å². The van der Waals surface area contributed by atoms with Crippen molar-refractivity contribution in [3.63, 3.8) is 0 Å². The Labute approximate surface area is 231 Å². The molecule has 9 heteroatoms. The molecule has 1 atom stereocenters. The number of carbonyl (C=O) groups excluding carboxylic acids is 1. The summed E-state index contributed by atoms with van der Waals surface area (Å²) in [7, 11) is -2.41. The number of fused-ring (bicyclic) bond motifs is 1. The number of amides is 1. The minimum Gasteiger partial charge on any atom is -0.496 e. The van der Waals surface area contributed by atoms with Crippen molar-refractivity contribution >= 4 is 27.3 Å². The first kappa shape index (κ1) is 27.2. The zero-order valence-corrected chi connectivity index (χ0v) is 23.3. The van der Waals surface area contributed by atoms with Crippen molar-refractivity contribution < 1.29 is 17.9 Å². The van der Waals surface area contributed by atoms with E-state index in [0.29, 0.717) is 22.7 Å². The van der Waals surface area contributed by atoms with Gasteiger partial charge in [-0.2, -0.15) is 0 Å². The van der Waals surface area contributed by atoms with Gasteiger partial charge in [0.1, 0.15) is 10.6 Å². The highest BCUT2D eigenvalue weighted by Gasteiger charge is 2.30. The number of aryl methyl sites for hydroxylation is 1. The second kappa shape index (κ2) is 11.8. The van der Waals surface area contributed by atoms with Crippen molar-refractivity contribution in [3.8, 4) is 5.75 Å². The molecule has 1 aliphatic heterocycles. The Bertz CT molecular complexity index is 1430. The topological polar surface area (TPSA) is 91.0 Å². The fourth-order valence-corrected chi connectivity index (χ4v) is 7.03. The molecular formula is C30H36N4O4S. The normalized spacial score (nSPS) is 17.9. The van der Waals surface area contributed by atoms with E-state index in [0.717, 1.165) is 57.5 Å². The lowest BCUT2D eigenvalue weighted by Crippen LogP contribution is -2.46. The van der Waals surface area contributed by atoms with Crippen LogP contribution in [-0.4, -0.2) is 59.1 Å². The van der Waals surface area contributed by atoms with Crippen molar-refractivity contribution in [3.05, 3.63) is 83.4 Å². The van der Waals surface area contributed by atoms with Gasteiger partial charge in [-0.05, 0) is 67.3 Å². The average molecular weight is 549 g/mol. The molecule has 5 rings (SSSR count). The quantitative estimate of drug-likeness (QED) is 0.433. The zero-order chi connectivity index (χ0) is 27.4. The molecule has 3 aromatic carbocycles. The zero-order valence-electron chi connectivity index (χ0n) is 22.5. The van der Waals surface area contributed by atoms with Crippen molar-refractivity contribution in [2.75, 3.05) is 50.1 Å². The first-order chi connectivity index (χ1) is 18.9. The van der Waals surface area contributed by atoms with Gasteiger partial charge in [-0.3, -0.25) is 4.79 Å². The van der Waals surface area contributed by atoms with Crippen LogP contribution in [-0.2, 0) is 16.4 Å². The molecule has 1 amide bonds. The summed E-state index contributed by atoms with van der Waals surface area (Å²) in [4.78, 5) is 17.7. The van der Waals surface area contributed by atoms with E-state index in [1.54, 1.807) is 36.4 Å². The lowest BCUT2D eigenvalue weighted by molar-refractivity contribution is 0.102. The number of likely N-dealkylation sites (N-methyl/N-ethyl adjacent to an activating group) is 1. The van der Waals surface area contributed by atoms with E-state index in [-0.39, 0.29) is 16.8 Å². The van der Waals surface area contributed by atoms with Gasteiger partial charge in [0.15, 0.2) is 0 Å². The summed E-state index contributed by atoms with van der Waals surface area (Å²) in [5.41, 5.74) is 3.65. The Morgan fingerprint density at radius 3 is 2.51 bits per heavy atom. The molecule has 2 N–H and O–H groups in total. The predicted octanol–water partition coefficient (Wildman–Crippen LogP) is 4.45. The number of sulfonamides is 1. The third kappa shape index (κ3) is 5.95. The van der Waals surface area contributed by atoms with Gasteiger partial charge in [0.25, 0.3) is 5.91 Å². The van der Waals surface area contributed by atoms with Crippen LogP contribution in [0.4, 0.5) is 11.4 Å². The number of methoxy groups -OCH3 is 1. The molecule has 0 spiro atoms. The van der Waals surface area contributed by atoms with Gasteiger partial charge < -0.3 is 19.9 Å². The number of para-hydroxylation sites is 1. The van der Waals surface area contributed by atoms with E-state index in [1.807, 2.05) is 24.3 Å².